The van der Waals surface area contributed by atoms with Crippen molar-refractivity contribution >= 4 is 5.91 Å². The van der Waals surface area contributed by atoms with Gasteiger partial charge in [-0.1, -0.05) is 18.2 Å². The van der Waals surface area contributed by atoms with Crippen LogP contribution in [0.5, 0.6) is 0 Å². The largest absolute Gasteiger partial charge is 0.392 e. The summed E-state index contributed by atoms with van der Waals surface area (Å²) < 4.78 is 1.78. The van der Waals surface area contributed by atoms with E-state index in [0.717, 1.165) is 17.8 Å². The van der Waals surface area contributed by atoms with Gasteiger partial charge < -0.3 is 15.3 Å². The molecule has 0 aliphatic carbocycles. The van der Waals surface area contributed by atoms with Crippen LogP contribution in [0.4, 0.5) is 0 Å². The van der Waals surface area contributed by atoms with E-state index in [2.05, 4.69) is 15.3 Å². The maximum absolute atomic E-state index is 12.4. The minimum absolute atomic E-state index is 0.0979. The first-order valence-electron chi connectivity index (χ1n) is 7.87. The van der Waals surface area contributed by atoms with Crippen LogP contribution in [0.2, 0.25) is 0 Å². The Bertz CT molecular complexity index is 656. The molecule has 2 atom stereocenters. The molecule has 1 aliphatic heterocycles. The molecule has 0 radical (unpaired) electrons. The minimum Gasteiger partial charge on any atom is -0.392 e. The molecule has 1 aromatic carbocycles. The van der Waals surface area contributed by atoms with Crippen LogP contribution >= 0.6 is 0 Å². The monoisotopic (exact) mass is 314 g/mol. The number of amides is 1. The van der Waals surface area contributed by atoms with Crippen molar-refractivity contribution < 1.29 is 9.90 Å². The van der Waals surface area contributed by atoms with Gasteiger partial charge in [-0.2, -0.15) is 5.10 Å². The molecule has 122 valence electrons. The summed E-state index contributed by atoms with van der Waals surface area (Å²) in [6.07, 6.45) is 3.68. The van der Waals surface area contributed by atoms with E-state index < -0.39 is 6.10 Å². The predicted octanol–water partition coefficient (Wildman–Crippen LogP) is 0.801. The number of aromatic nitrogens is 2. The van der Waals surface area contributed by atoms with Crippen LogP contribution in [0, 0.1) is 5.92 Å². The van der Waals surface area contributed by atoms with Crippen molar-refractivity contribution in [2.24, 2.45) is 5.92 Å². The molecule has 0 unspecified atom stereocenters. The molecular formula is C17H22N4O2. The number of nitrogens with zero attached hydrogens (tertiary/aromatic N) is 3. The molecule has 1 amide bonds. The highest BCUT2D eigenvalue weighted by molar-refractivity contribution is 5.79. The zero-order chi connectivity index (χ0) is 16.2. The molecule has 0 saturated carbocycles. The van der Waals surface area contributed by atoms with Gasteiger partial charge in [0.15, 0.2) is 0 Å². The zero-order valence-electron chi connectivity index (χ0n) is 13.2. The average Bonchev–Trinajstić information content (AvgIpc) is 3.09. The Morgan fingerprint density at radius 3 is 3.00 bits per heavy atom. The first-order valence-corrected chi connectivity index (χ1v) is 7.87. The number of nitrogens with one attached hydrogen (secondary N) is 1. The second kappa shape index (κ2) is 6.93. The van der Waals surface area contributed by atoms with Gasteiger partial charge in [0.1, 0.15) is 0 Å². The molecule has 1 aliphatic rings. The lowest BCUT2D eigenvalue weighted by Crippen LogP contribution is -2.48. The Labute approximate surface area is 135 Å². The molecule has 2 N–H and O–H groups in total. The summed E-state index contributed by atoms with van der Waals surface area (Å²) in [5.41, 5.74) is 1.93. The summed E-state index contributed by atoms with van der Waals surface area (Å²) in [6, 6.07) is 9.70. The third-order valence-electron chi connectivity index (χ3n) is 4.31. The number of carbonyl (C=O) groups is 1. The van der Waals surface area contributed by atoms with E-state index in [4.69, 9.17) is 0 Å². The predicted molar refractivity (Wildman–Crippen MR) is 87.0 cm³/mol. The zero-order valence-corrected chi connectivity index (χ0v) is 13.2. The highest BCUT2D eigenvalue weighted by Crippen LogP contribution is 2.17. The number of rotatable bonds is 4. The van der Waals surface area contributed by atoms with Gasteiger partial charge in [-0.3, -0.25) is 4.79 Å². The Balaban J connectivity index is 1.68. The fraction of sp³-hybridized carbons (Fsp3) is 0.412. The quantitative estimate of drug-likeness (QED) is 0.876. The smallest absolute Gasteiger partial charge is 0.227 e. The number of piperidine rings is 1. The minimum atomic E-state index is -0.562. The van der Waals surface area contributed by atoms with Crippen LogP contribution in [0.25, 0.3) is 5.69 Å². The molecule has 6 nitrogen and oxygen atoms in total. The third kappa shape index (κ3) is 3.60. The van der Waals surface area contributed by atoms with Crippen molar-refractivity contribution in [1.82, 2.24) is 20.0 Å². The van der Waals surface area contributed by atoms with Crippen LogP contribution in [0.15, 0.2) is 42.7 Å². The fourth-order valence-electron chi connectivity index (χ4n) is 2.97. The molecule has 1 aromatic heterocycles. The summed E-state index contributed by atoms with van der Waals surface area (Å²) in [7, 11) is 1.97. The van der Waals surface area contributed by atoms with Crippen molar-refractivity contribution in [3.63, 3.8) is 0 Å². The first kappa shape index (κ1) is 15.7. The van der Waals surface area contributed by atoms with Gasteiger partial charge in [0, 0.05) is 32.0 Å². The van der Waals surface area contributed by atoms with Gasteiger partial charge in [0.25, 0.3) is 0 Å². The number of para-hydroxylation sites is 1. The molecule has 0 bridgehead atoms. The molecule has 1 saturated heterocycles. The van der Waals surface area contributed by atoms with Gasteiger partial charge in [-0.15, -0.1) is 0 Å². The molecule has 1 fully saturated rings. The summed E-state index contributed by atoms with van der Waals surface area (Å²) in [6.45, 7) is 1.84. The normalized spacial score (nSPS) is 22.0. The van der Waals surface area contributed by atoms with Crippen LogP contribution in [-0.2, 0) is 11.3 Å². The second-order valence-corrected chi connectivity index (χ2v) is 6.02. The Hall–Kier alpha value is -2.18. The third-order valence-corrected chi connectivity index (χ3v) is 4.31. The van der Waals surface area contributed by atoms with Gasteiger partial charge in [-0.25, -0.2) is 4.68 Å². The highest BCUT2D eigenvalue weighted by Gasteiger charge is 2.31. The van der Waals surface area contributed by atoms with Crippen LogP contribution in [0.3, 0.4) is 0 Å². The lowest BCUT2D eigenvalue weighted by molar-refractivity contribution is -0.131. The van der Waals surface area contributed by atoms with E-state index in [1.807, 2.05) is 43.6 Å². The Morgan fingerprint density at radius 2 is 2.22 bits per heavy atom. The van der Waals surface area contributed by atoms with Crippen molar-refractivity contribution in [3.05, 3.63) is 48.3 Å². The summed E-state index contributed by atoms with van der Waals surface area (Å²) in [4.78, 5) is 14.5. The number of aliphatic hydroxyl groups is 1. The number of carbonyl (C=O) groups excluding carboxylic acids is 1. The van der Waals surface area contributed by atoms with Crippen molar-refractivity contribution in [2.75, 3.05) is 20.1 Å². The maximum Gasteiger partial charge on any atom is 0.227 e. The Kier molecular flexibility index (Phi) is 4.73. The lowest BCUT2D eigenvalue weighted by Gasteiger charge is -2.32. The number of likely N-dealkylation sites (tertiary alicyclic amines) is 1. The number of aliphatic hydroxyl groups excluding tert-OH is 1. The van der Waals surface area contributed by atoms with E-state index in [9.17, 15) is 9.90 Å². The van der Waals surface area contributed by atoms with Crippen LogP contribution in [0.1, 0.15) is 12.0 Å². The molecule has 2 aromatic rings. The number of hydrogen-bond donors (Lipinski definition) is 2. The van der Waals surface area contributed by atoms with Crippen molar-refractivity contribution in [1.29, 1.82) is 0 Å². The topological polar surface area (TPSA) is 70.4 Å². The standard InChI is InChI=1S/C17H22N4O2/c1-20-10-7-16(22)14(12-20)17(23)18-11-13-5-2-3-6-15(13)21-9-4-8-19-21/h2-6,8-9,14,16,22H,7,10-12H2,1H3,(H,18,23)/t14-,16-/m1/s1. The SMILES string of the molecule is CN1CC[C@@H](O)[C@H](C(=O)NCc2ccccc2-n2cccn2)C1. The molecule has 6 heteroatoms. The fourth-order valence-corrected chi connectivity index (χ4v) is 2.97. The average molecular weight is 314 g/mol. The summed E-state index contributed by atoms with van der Waals surface area (Å²) >= 11 is 0. The van der Waals surface area contributed by atoms with Gasteiger partial charge in [-0.05, 0) is 31.2 Å². The molecular weight excluding hydrogens is 292 g/mol. The van der Waals surface area contributed by atoms with Crippen molar-refractivity contribution in [2.45, 2.75) is 19.1 Å². The lowest BCUT2D eigenvalue weighted by atomic mass is 9.94. The Morgan fingerprint density at radius 1 is 1.39 bits per heavy atom. The number of hydrogen-bond acceptors (Lipinski definition) is 4. The highest BCUT2D eigenvalue weighted by atomic mass is 16.3. The molecule has 0 spiro atoms. The van der Waals surface area contributed by atoms with E-state index in [1.165, 1.54) is 0 Å². The van der Waals surface area contributed by atoms with E-state index >= 15 is 0 Å². The maximum atomic E-state index is 12.4. The van der Waals surface area contributed by atoms with Gasteiger partial charge in [0.2, 0.25) is 5.91 Å². The number of benzene rings is 1. The summed E-state index contributed by atoms with van der Waals surface area (Å²) in [5, 5.41) is 17.3. The van der Waals surface area contributed by atoms with Gasteiger partial charge in [0.05, 0.1) is 17.7 Å². The molecule has 2 heterocycles. The van der Waals surface area contributed by atoms with Crippen LogP contribution < -0.4 is 5.32 Å². The van der Waals surface area contributed by atoms with Gasteiger partial charge >= 0.3 is 0 Å². The second-order valence-electron chi connectivity index (χ2n) is 6.02. The van der Waals surface area contributed by atoms with E-state index in [1.54, 1.807) is 10.9 Å². The molecule has 3 rings (SSSR count). The van der Waals surface area contributed by atoms with E-state index in [-0.39, 0.29) is 11.8 Å². The van der Waals surface area contributed by atoms with Crippen LogP contribution in [-0.4, -0.2) is 51.9 Å². The summed E-state index contributed by atoms with van der Waals surface area (Å²) in [5.74, 6) is -0.468. The van der Waals surface area contributed by atoms with Crippen molar-refractivity contribution in [3.8, 4) is 5.69 Å². The molecule has 23 heavy (non-hydrogen) atoms. The van der Waals surface area contributed by atoms with E-state index in [0.29, 0.717) is 19.5 Å². The first-order chi connectivity index (χ1) is 11.1.